The van der Waals surface area contributed by atoms with Crippen molar-refractivity contribution in [1.82, 2.24) is 9.80 Å². The highest BCUT2D eigenvalue weighted by Gasteiger charge is 2.31. The molecule has 1 aromatic heterocycles. The van der Waals surface area contributed by atoms with Gasteiger partial charge in [-0.15, -0.1) is 11.3 Å². The van der Waals surface area contributed by atoms with Gasteiger partial charge in [-0.05, 0) is 50.7 Å². The number of fused-ring (bicyclic) bond motifs is 1. The van der Waals surface area contributed by atoms with Gasteiger partial charge in [0.2, 0.25) is 5.91 Å². The number of hydrogen-bond acceptors (Lipinski definition) is 4. The minimum absolute atomic E-state index is 0.158. The van der Waals surface area contributed by atoms with Gasteiger partial charge in [0.1, 0.15) is 0 Å². The standard InChI is InChI=1S/C16H26N2O2S/c1-5-13-12-7-9-21-14(12)6-8-18(13)15(19)10-17(4)11-16(2,3)20/h7,9,13,20H,5-6,8,10-11H2,1-4H3. The Labute approximate surface area is 131 Å². The molecule has 1 atom stereocenters. The van der Waals surface area contributed by atoms with Crippen molar-refractivity contribution in [2.75, 3.05) is 26.7 Å². The van der Waals surface area contributed by atoms with Gasteiger partial charge in [-0.3, -0.25) is 9.69 Å². The smallest absolute Gasteiger partial charge is 0.237 e. The molecule has 1 aliphatic rings. The van der Waals surface area contributed by atoms with Crippen LogP contribution in [-0.2, 0) is 11.2 Å². The quantitative estimate of drug-likeness (QED) is 0.907. The monoisotopic (exact) mass is 310 g/mol. The molecule has 0 saturated heterocycles. The lowest BCUT2D eigenvalue weighted by atomic mass is 9.97. The highest BCUT2D eigenvalue weighted by molar-refractivity contribution is 7.10. The van der Waals surface area contributed by atoms with Crippen LogP contribution in [0.1, 0.15) is 43.7 Å². The Kier molecular flexibility index (Phi) is 5.07. The van der Waals surface area contributed by atoms with Gasteiger partial charge >= 0.3 is 0 Å². The summed E-state index contributed by atoms with van der Waals surface area (Å²) >= 11 is 1.80. The molecule has 0 radical (unpaired) electrons. The predicted octanol–water partition coefficient (Wildman–Crippen LogP) is 2.29. The Hall–Kier alpha value is -0.910. The number of thiophene rings is 1. The Balaban J connectivity index is 2.03. The maximum absolute atomic E-state index is 12.6. The van der Waals surface area contributed by atoms with Crippen LogP contribution in [-0.4, -0.2) is 53.1 Å². The van der Waals surface area contributed by atoms with Gasteiger partial charge < -0.3 is 10.0 Å². The SMILES string of the molecule is CCC1c2ccsc2CCN1C(=O)CN(C)CC(C)(C)O. The Morgan fingerprint density at radius 2 is 2.29 bits per heavy atom. The Morgan fingerprint density at radius 3 is 2.90 bits per heavy atom. The van der Waals surface area contributed by atoms with Crippen LogP contribution in [0, 0.1) is 0 Å². The first-order valence-electron chi connectivity index (χ1n) is 7.58. The molecule has 2 heterocycles. The van der Waals surface area contributed by atoms with Crippen molar-refractivity contribution in [3.05, 3.63) is 21.9 Å². The lowest BCUT2D eigenvalue weighted by Crippen LogP contribution is -2.46. The van der Waals surface area contributed by atoms with E-state index in [1.807, 2.05) is 16.8 Å². The maximum atomic E-state index is 12.6. The van der Waals surface area contributed by atoms with E-state index >= 15 is 0 Å². The van der Waals surface area contributed by atoms with Crippen molar-refractivity contribution >= 4 is 17.2 Å². The van der Waals surface area contributed by atoms with Crippen molar-refractivity contribution in [2.24, 2.45) is 0 Å². The van der Waals surface area contributed by atoms with E-state index in [9.17, 15) is 9.90 Å². The molecule has 0 saturated carbocycles. The van der Waals surface area contributed by atoms with Crippen molar-refractivity contribution < 1.29 is 9.90 Å². The number of carbonyl (C=O) groups excluding carboxylic acids is 1. The van der Waals surface area contributed by atoms with Crippen LogP contribution in [0.2, 0.25) is 0 Å². The summed E-state index contributed by atoms with van der Waals surface area (Å²) in [6, 6.07) is 2.37. The summed E-state index contributed by atoms with van der Waals surface area (Å²) in [6.07, 6.45) is 1.91. The summed E-state index contributed by atoms with van der Waals surface area (Å²) in [7, 11) is 1.89. The van der Waals surface area contributed by atoms with E-state index in [0.29, 0.717) is 13.1 Å². The molecule has 1 amide bonds. The Bertz CT molecular complexity index is 493. The third-order valence-electron chi connectivity index (χ3n) is 3.86. The van der Waals surface area contributed by atoms with Gasteiger partial charge in [0.25, 0.3) is 0 Å². The molecule has 1 N–H and O–H groups in total. The summed E-state index contributed by atoms with van der Waals surface area (Å²) in [5.74, 6) is 0.158. The van der Waals surface area contributed by atoms with Gasteiger partial charge in [-0.1, -0.05) is 6.92 Å². The molecule has 1 unspecified atom stereocenters. The van der Waals surface area contributed by atoms with Crippen LogP contribution < -0.4 is 0 Å². The second kappa shape index (κ2) is 6.46. The molecule has 21 heavy (non-hydrogen) atoms. The second-order valence-corrected chi connectivity index (χ2v) is 7.55. The van der Waals surface area contributed by atoms with Crippen molar-refractivity contribution in [2.45, 2.75) is 45.3 Å². The van der Waals surface area contributed by atoms with Crippen LogP contribution in [0.4, 0.5) is 0 Å². The molecule has 0 bridgehead atoms. The first kappa shape index (κ1) is 16.5. The van der Waals surface area contributed by atoms with Gasteiger partial charge in [0, 0.05) is 18.0 Å². The fourth-order valence-corrected chi connectivity index (χ4v) is 4.10. The van der Waals surface area contributed by atoms with Crippen LogP contribution in [0.3, 0.4) is 0 Å². The van der Waals surface area contributed by atoms with Gasteiger partial charge in [-0.2, -0.15) is 0 Å². The zero-order valence-electron chi connectivity index (χ0n) is 13.4. The lowest BCUT2D eigenvalue weighted by Gasteiger charge is -2.37. The summed E-state index contributed by atoms with van der Waals surface area (Å²) in [5, 5.41) is 12.0. The van der Waals surface area contributed by atoms with Crippen molar-refractivity contribution in [3.63, 3.8) is 0 Å². The minimum atomic E-state index is -0.776. The molecule has 0 fully saturated rings. The zero-order chi connectivity index (χ0) is 15.6. The van der Waals surface area contributed by atoms with E-state index in [1.165, 1.54) is 10.4 Å². The molecule has 1 aliphatic heterocycles. The van der Waals surface area contributed by atoms with E-state index in [-0.39, 0.29) is 11.9 Å². The van der Waals surface area contributed by atoms with Gasteiger partial charge in [-0.25, -0.2) is 0 Å². The van der Waals surface area contributed by atoms with Crippen molar-refractivity contribution in [3.8, 4) is 0 Å². The first-order chi connectivity index (χ1) is 9.81. The summed E-state index contributed by atoms with van der Waals surface area (Å²) in [5.41, 5.74) is 0.550. The zero-order valence-corrected chi connectivity index (χ0v) is 14.2. The molecule has 0 aliphatic carbocycles. The molecule has 118 valence electrons. The highest BCUT2D eigenvalue weighted by atomic mass is 32.1. The topological polar surface area (TPSA) is 43.8 Å². The minimum Gasteiger partial charge on any atom is -0.389 e. The fourth-order valence-electron chi connectivity index (χ4n) is 3.17. The predicted molar refractivity (Wildman–Crippen MR) is 86.6 cm³/mol. The Morgan fingerprint density at radius 1 is 1.57 bits per heavy atom. The number of nitrogens with zero attached hydrogens (tertiary/aromatic N) is 2. The molecule has 1 aromatic rings. The number of rotatable bonds is 5. The van der Waals surface area contributed by atoms with E-state index < -0.39 is 5.60 Å². The highest BCUT2D eigenvalue weighted by Crippen LogP contribution is 2.35. The van der Waals surface area contributed by atoms with E-state index in [0.717, 1.165) is 19.4 Å². The third-order valence-corrected chi connectivity index (χ3v) is 4.86. The maximum Gasteiger partial charge on any atom is 0.237 e. The lowest BCUT2D eigenvalue weighted by molar-refractivity contribution is -0.135. The average molecular weight is 310 g/mol. The van der Waals surface area contributed by atoms with Crippen molar-refractivity contribution in [1.29, 1.82) is 0 Å². The number of aliphatic hydroxyl groups is 1. The third kappa shape index (κ3) is 4.05. The molecule has 0 aromatic carbocycles. The molecular formula is C16H26N2O2S. The van der Waals surface area contributed by atoms with Crippen LogP contribution in [0.15, 0.2) is 11.4 Å². The van der Waals surface area contributed by atoms with E-state index in [2.05, 4.69) is 18.4 Å². The second-order valence-electron chi connectivity index (χ2n) is 6.55. The number of amides is 1. The van der Waals surface area contributed by atoms with E-state index in [1.54, 1.807) is 25.2 Å². The summed E-state index contributed by atoms with van der Waals surface area (Å²) < 4.78 is 0. The number of hydrogen-bond donors (Lipinski definition) is 1. The van der Waals surface area contributed by atoms with Gasteiger partial charge in [0.05, 0.1) is 18.2 Å². The molecule has 2 rings (SSSR count). The van der Waals surface area contributed by atoms with Crippen LogP contribution in [0.5, 0.6) is 0 Å². The number of carbonyl (C=O) groups is 1. The van der Waals surface area contributed by atoms with Gasteiger partial charge in [0.15, 0.2) is 0 Å². The summed E-state index contributed by atoms with van der Waals surface area (Å²) in [6.45, 7) is 7.33. The van der Waals surface area contributed by atoms with E-state index in [4.69, 9.17) is 0 Å². The van der Waals surface area contributed by atoms with Crippen LogP contribution in [0.25, 0.3) is 0 Å². The molecular weight excluding hydrogens is 284 g/mol. The molecule has 0 spiro atoms. The molecule has 4 nitrogen and oxygen atoms in total. The average Bonchev–Trinajstić information content (AvgIpc) is 2.82. The molecule has 5 heteroatoms. The van der Waals surface area contributed by atoms with Crippen LogP contribution >= 0.6 is 11.3 Å². The normalized spacial score (nSPS) is 19.0. The first-order valence-corrected chi connectivity index (χ1v) is 8.46. The fraction of sp³-hybridized carbons (Fsp3) is 0.688. The largest absolute Gasteiger partial charge is 0.389 e. The number of likely N-dealkylation sites (N-methyl/N-ethyl adjacent to an activating group) is 1. The summed E-state index contributed by atoms with van der Waals surface area (Å²) in [4.78, 5) is 17.9.